The molecule has 0 radical (unpaired) electrons. The van der Waals surface area contributed by atoms with Crippen molar-refractivity contribution in [1.82, 2.24) is 15.6 Å². The topological polar surface area (TPSA) is 69.5 Å². The van der Waals surface area contributed by atoms with Crippen LogP contribution in [0.2, 0.25) is 0 Å². The van der Waals surface area contributed by atoms with Crippen LogP contribution < -0.4 is 10.6 Å². The average Bonchev–Trinajstić information content (AvgIpc) is 2.60. The van der Waals surface area contributed by atoms with Gasteiger partial charge >= 0.3 is 0 Å². The molecule has 0 saturated carbocycles. The summed E-state index contributed by atoms with van der Waals surface area (Å²) >= 11 is 0. The zero-order chi connectivity index (χ0) is 17.8. The zero-order valence-electron chi connectivity index (χ0n) is 15.7. The van der Waals surface area contributed by atoms with Gasteiger partial charge in [-0.2, -0.15) is 0 Å². The van der Waals surface area contributed by atoms with Crippen LogP contribution in [0.5, 0.6) is 0 Å². The summed E-state index contributed by atoms with van der Waals surface area (Å²) in [5.41, 5.74) is 2.36. The molecule has 24 heavy (non-hydrogen) atoms. The van der Waals surface area contributed by atoms with Crippen LogP contribution in [0.15, 0.2) is 23.3 Å². The molecule has 0 aromatic carbocycles. The molecule has 0 bridgehead atoms. The van der Waals surface area contributed by atoms with E-state index in [1.54, 1.807) is 0 Å². The predicted octanol–water partition coefficient (Wildman–Crippen LogP) is 2.68. The van der Waals surface area contributed by atoms with Gasteiger partial charge in [0.1, 0.15) is 0 Å². The largest absolute Gasteiger partial charge is 0.396 e. The first-order valence-electron chi connectivity index (χ1n) is 9.13. The number of nitrogens with one attached hydrogen (secondary N) is 2. The Hall–Kier alpha value is -1.62. The molecule has 0 aliphatic carbocycles. The number of aromatic nitrogens is 1. The molecule has 0 unspecified atom stereocenters. The summed E-state index contributed by atoms with van der Waals surface area (Å²) in [6.45, 7) is 11.0. The number of pyridine rings is 1. The highest BCUT2D eigenvalue weighted by Crippen LogP contribution is 2.30. The molecule has 3 N–H and O–H groups in total. The van der Waals surface area contributed by atoms with Crippen molar-refractivity contribution in [1.29, 1.82) is 0 Å². The first-order valence-corrected chi connectivity index (χ1v) is 9.13. The Morgan fingerprint density at radius 2 is 1.96 bits per heavy atom. The minimum absolute atomic E-state index is 0.0952. The molecule has 0 aliphatic rings. The van der Waals surface area contributed by atoms with Crippen molar-refractivity contribution in [2.75, 3.05) is 26.2 Å². The summed E-state index contributed by atoms with van der Waals surface area (Å²) in [5.74, 6) is 0.849. The molecule has 1 rings (SSSR count). The lowest BCUT2D eigenvalue weighted by atomic mass is 9.79. The number of aliphatic imine (C=N–C) groups is 1. The summed E-state index contributed by atoms with van der Waals surface area (Å²) in [5, 5.41) is 16.0. The number of guanidine groups is 1. The third-order valence-corrected chi connectivity index (χ3v) is 4.74. The molecule has 0 fully saturated rings. The van der Waals surface area contributed by atoms with E-state index in [9.17, 15) is 5.11 Å². The van der Waals surface area contributed by atoms with Crippen molar-refractivity contribution in [2.45, 2.75) is 53.4 Å². The number of aliphatic hydroxyl groups excluding tert-OH is 1. The maximum absolute atomic E-state index is 9.33. The molecular weight excluding hydrogens is 300 g/mol. The van der Waals surface area contributed by atoms with Crippen LogP contribution in [-0.4, -0.2) is 42.3 Å². The number of aryl methyl sites for hydroxylation is 1. The quantitative estimate of drug-likeness (QED) is 0.454. The molecule has 5 nitrogen and oxygen atoms in total. The normalized spacial score (nSPS) is 12.3. The van der Waals surface area contributed by atoms with Crippen LogP contribution in [0.4, 0.5) is 0 Å². The molecule has 0 amide bonds. The Morgan fingerprint density at radius 3 is 2.50 bits per heavy atom. The van der Waals surface area contributed by atoms with Crippen molar-refractivity contribution in [3.63, 3.8) is 0 Å². The van der Waals surface area contributed by atoms with Crippen molar-refractivity contribution < 1.29 is 5.11 Å². The molecule has 1 aromatic rings. The molecule has 0 spiro atoms. The molecule has 5 heteroatoms. The third-order valence-electron chi connectivity index (χ3n) is 4.74. The lowest BCUT2D eigenvalue weighted by Gasteiger charge is -2.29. The van der Waals surface area contributed by atoms with Crippen LogP contribution in [0.3, 0.4) is 0 Å². The number of nitrogens with zero attached hydrogens (tertiary/aromatic N) is 2. The molecule has 0 saturated heterocycles. The fraction of sp³-hybridized carbons (Fsp3) is 0.684. The van der Waals surface area contributed by atoms with Gasteiger partial charge < -0.3 is 15.7 Å². The van der Waals surface area contributed by atoms with E-state index < -0.39 is 0 Å². The maximum Gasteiger partial charge on any atom is 0.191 e. The second-order valence-electron chi connectivity index (χ2n) is 6.36. The van der Waals surface area contributed by atoms with Crippen molar-refractivity contribution in [3.05, 3.63) is 29.6 Å². The van der Waals surface area contributed by atoms with Gasteiger partial charge in [0.05, 0.1) is 0 Å². The number of hydrogen-bond donors (Lipinski definition) is 3. The van der Waals surface area contributed by atoms with Crippen molar-refractivity contribution in [3.8, 4) is 0 Å². The first kappa shape index (κ1) is 20.4. The predicted molar refractivity (Wildman–Crippen MR) is 101 cm³/mol. The number of hydrogen-bond acceptors (Lipinski definition) is 3. The van der Waals surface area contributed by atoms with Crippen LogP contribution >= 0.6 is 0 Å². The van der Waals surface area contributed by atoms with Crippen LogP contribution in [0.25, 0.3) is 0 Å². The van der Waals surface area contributed by atoms with Gasteiger partial charge in [-0.25, -0.2) is 0 Å². The Bertz CT molecular complexity index is 481. The Kier molecular flexibility index (Phi) is 9.38. The molecule has 1 aromatic heterocycles. The minimum Gasteiger partial charge on any atom is -0.396 e. The number of rotatable bonds is 10. The summed E-state index contributed by atoms with van der Waals surface area (Å²) in [4.78, 5) is 9.09. The van der Waals surface area contributed by atoms with E-state index in [0.29, 0.717) is 0 Å². The van der Waals surface area contributed by atoms with Gasteiger partial charge in [-0.3, -0.25) is 9.98 Å². The van der Waals surface area contributed by atoms with Gasteiger partial charge in [0.15, 0.2) is 5.96 Å². The van der Waals surface area contributed by atoms with Crippen LogP contribution in [0, 0.1) is 12.3 Å². The van der Waals surface area contributed by atoms with Gasteiger partial charge in [0, 0.05) is 38.1 Å². The second-order valence-corrected chi connectivity index (χ2v) is 6.36. The Labute approximate surface area is 147 Å². The van der Waals surface area contributed by atoms with E-state index in [2.05, 4.69) is 42.5 Å². The SMILES string of the molecule is CCNC(=NCC(CC)(CC)CCO)NCCc1ccc(C)nc1. The lowest BCUT2D eigenvalue weighted by Crippen LogP contribution is -2.39. The monoisotopic (exact) mass is 334 g/mol. The zero-order valence-corrected chi connectivity index (χ0v) is 15.7. The fourth-order valence-electron chi connectivity index (χ4n) is 2.70. The first-order chi connectivity index (χ1) is 11.6. The van der Waals surface area contributed by atoms with Gasteiger partial charge in [-0.1, -0.05) is 19.9 Å². The Balaban J connectivity index is 2.59. The van der Waals surface area contributed by atoms with Crippen molar-refractivity contribution >= 4 is 5.96 Å². The highest BCUT2D eigenvalue weighted by Gasteiger charge is 2.25. The molecule has 136 valence electrons. The lowest BCUT2D eigenvalue weighted by molar-refractivity contribution is 0.175. The van der Waals surface area contributed by atoms with E-state index in [4.69, 9.17) is 4.99 Å². The summed E-state index contributed by atoms with van der Waals surface area (Å²) in [6, 6.07) is 4.16. The van der Waals surface area contributed by atoms with E-state index in [-0.39, 0.29) is 12.0 Å². The van der Waals surface area contributed by atoms with Gasteiger partial charge in [-0.05, 0) is 56.6 Å². The highest BCUT2D eigenvalue weighted by atomic mass is 16.3. The maximum atomic E-state index is 9.33. The summed E-state index contributed by atoms with van der Waals surface area (Å²) in [7, 11) is 0. The van der Waals surface area contributed by atoms with Crippen LogP contribution in [-0.2, 0) is 6.42 Å². The van der Waals surface area contributed by atoms with Crippen molar-refractivity contribution in [2.24, 2.45) is 10.4 Å². The molecule has 1 heterocycles. The molecular formula is C19H34N4O. The van der Waals surface area contributed by atoms with Crippen LogP contribution in [0.1, 0.15) is 51.3 Å². The molecule has 0 atom stereocenters. The summed E-state index contributed by atoms with van der Waals surface area (Å²) in [6.07, 6.45) is 5.71. The highest BCUT2D eigenvalue weighted by molar-refractivity contribution is 5.79. The second kappa shape index (κ2) is 11.0. The van der Waals surface area contributed by atoms with E-state index in [1.807, 2.05) is 19.2 Å². The van der Waals surface area contributed by atoms with E-state index in [0.717, 1.165) is 57.0 Å². The fourth-order valence-corrected chi connectivity index (χ4v) is 2.70. The van der Waals surface area contributed by atoms with Gasteiger partial charge in [-0.15, -0.1) is 0 Å². The standard InChI is InChI=1S/C19H34N4O/c1-5-19(6-2,11-13-24)15-23-18(20-7-3)21-12-10-17-9-8-16(4)22-14-17/h8-9,14,24H,5-7,10-13,15H2,1-4H3,(H2,20,21,23). The van der Waals surface area contributed by atoms with E-state index >= 15 is 0 Å². The molecule has 0 aliphatic heterocycles. The third kappa shape index (κ3) is 6.87. The summed E-state index contributed by atoms with van der Waals surface area (Å²) < 4.78 is 0. The minimum atomic E-state index is 0.0952. The number of aliphatic hydroxyl groups is 1. The van der Waals surface area contributed by atoms with Gasteiger partial charge in [0.2, 0.25) is 0 Å². The van der Waals surface area contributed by atoms with E-state index in [1.165, 1.54) is 5.56 Å². The average molecular weight is 335 g/mol. The van der Waals surface area contributed by atoms with Gasteiger partial charge in [0.25, 0.3) is 0 Å². The Morgan fingerprint density at radius 1 is 1.21 bits per heavy atom. The smallest absolute Gasteiger partial charge is 0.191 e.